The van der Waals surface area contributed by atoms with Gasteiger partial charge in [0.25, 0.3) is 0 Å². The molecular weight excluding hydrogens is 416 g/mol. The summed E-state index contributed by atoms with van der Waals surface area (Å²) in [5, 5.41) is 21.8. The van der Waals surface area contributed by atoms with Crippen LogP contribution >= 0.6 is 22.9 Å². The van der Waals surface area contributed by atoms with Gasteiger partial charge in [-0.15, -0.1) is 11.3 Å². The number of methoxy groups -OCH3 is 3. The second-order valence-electron chi connectivity index (χ2n) is 6.10. The Bertz CT molecular complexity index is 1020. The Morgan fingerprint density at radius 3 is 2.17 bits per heavy atom. The van der Waals surface area contributed by atoms with E-state index >= 15 is 0 Å². The number of thiophene rings is 1. The number of aliphatic carboxylic acids is 1. The normalized spacial score (nSPS) is 12.9. The fourth-order valence-corrected chi connectivity index (χ4v) is 4.29. The lowest BCUT2D eigenvalue weighted by atomic mass is 9.91. The number of hydrogen-bond donors (Lipinski definition) is 2. The van der Waals surface area contributed by atoms with Crippen LogP contribution in [0.2, 0.25) is 5.02 Å². The Balaban J connectivity index is 2.16. The summed E-state index contributed by atoms with van der Waals surface area (Å²) in [5.74, 6) is -0.634. The highest BCUT2D eigenvalue weighted by Crippen LogP contribution is 2.45. The molecule has 1 aromatic heterocycles. The fraction of sp³-hybridized carbons (Fsp3) is 0.190. The average Bonchev–Trinajstić information content (AvgIpc) is 3.22. The van der Waals surface area contributed by atoms with E-state index in [1.807, 2.05) is 6.07 Å². The van der Waals surface area contributed by atoms with Crippen LogP contribution in [0.1, 0.15) is 10.4 Å². The standard InChI is InChI=1S/C21H19ClO6S/c1-26-15-10-13(11-16(27-2)19(15)28-3)21(25,20(23)24)18-8-7-17(29-18)12-5-4-6-14(22)9-12/h4-11,25H,1-3H3,(H,23,24). The molecule has 0 radical (unpaired) electrons. The maximum atomic E-state index is 12.2. The van der Waals surface area contributed by atoms with Crippen LogP contribution in [0.15, 0.2) is 48.5 Å². The van der Waals surface area contributed by atoms with E-state index in [1.165, 1.54) is 33.5 Å². The van der Waals surface area contributed by atoms with Gasteiger partial charge in [0.2, 0.25) is 11.4 Å². The molecule has 0 aliphatic heterocycles. The van der Waals surface area contributed by atoms with Crippen molar-refractivity contribution in [3.05, 3.63) is 64.0 Å². The van der Waals surface area contributed by atoms with E-state index in [0.717, 1.165) is 21.8 Å². The van der Waals surface area contributed by atoms with Crippen LogP contribution in [0.5, 0.6) is 17.2 Å². The lowest BCUT2D eigenvalue weighted by Gasteiger charge is -2.24. The quantitative estimate of drug-likeness (QED) is 0.572. The number of benzene rings is 2. The van der Waals surface area contributed by atoms with Crippen molar-refractivity contribution in [1.29, 1.82) is 0 Å². The molecule has 1 unspecified atom stereocenters. The van der Waals surface area contributed by atoms with Crippen molar-refractivity contribution < 1.29 is 29.2 Å². The monoisotopic (exact) mass is 434 g/mol. The molecule has 0 saturated heterocycles. The topological polar surface area (TPSA) is 85.2 Å². The Kier molecular flexibility index (Phi) is 6.02. The van der Waals surface area contributed by atoms with Crippen molar-refractivity contribution >= 4 is 28.9 Å². The van der Waals surface area contributed by atoms with Crippen molar-refractivity contribution in [2.45, 2.75) is 5.60 Å². The molecule has 0 aliphatic carbocycles. The summed E-state index contributed by atoms with van der Waals surface area (Å²) >= 11 is 7.21. The van der Waals surface area contributed by atoms with Crippen LogP contribution < -0.4 is 14.2 Å². The lowest BCUT2D eigenvalue weighted by Crippen LogP contribution is -2.36. The predicted octanol–water partition coefficient (Wildman–Crippen LogP) is 4.41. The van der Waals surface area contributed by atoms with E-state index < -0.39 is 11.6 Å². The van der Waals surface area contributed by atoms with Gasteiger partial charge in [-0.3, -0.25) is 0 Å². The van der Waals surface area contributed by atoms with Gasteiger partial charge in [0.15, 0.2) is 11.5 Å². The Morgan fingerprint density at radius 1 is 1.00 bits per heavy atom. The third-order valence-electron chi connectivity index (χ3n) is 4.46. The zero-order valence-corrected chi connectivity index (χ0v) is 17.5. The molecule has 29 heavy (non-hydrogen) atoms. The molecule has 0 spiro atoms. The SMILES string of the molecule is COc1cc(C(O)(C(=O)O)c2ccc(-c3cccc(Cl)c3)s2)cc(OC)c1OC. The minimum atomic E-state index is -2.31. The van der Waals surface area contributed by atoms with Crippen molar-refractivity contribution in [3.63, 3.8) is 0 Å². The minimum absolute atomic E-state index is 0.0824. The van der Waals surface area contributed by atoms with Gasteiger partial charge in [-0.05, 0) is 42.0 Å². The van der Waals surface area contributed by atoms with E-state index in [1.54, 1.807) is 30.3 Å². The molecule has 8 heteroatoms. The summed E-state index contributed by atoms with van der Waals surface area (Å²) < 4.78 is 15.9. The molecule has 3 rings (SSSR count). The van der Waals surface area contributed by atoms with Crippen molar-refractivity contribution in [2.75, 3.05) is 21.3 Å². The third kappa shape index (κ3) is 3.76. The second kappa shape index (κ2) is 8.32. The summed E-state index contributed by atoms with van der Waals surface area (Å²) in [6.07, 6.45) is 0. The first kappa shape index (κ1) is 21.0. The molecular formula is C21H19ClO6S. The minimum Gasteiger partial charge on any atom is -0.493 e. The van der Waals surface area contributed by atoms with E-state index in [0.29, 0.717) is 10.8 Å². The Hall–Kier alpha value is -2.74. The molecule has 1 heterocycles. The first-order chi connectivity index (χ1) is 13.8. The van der Waals surface area contributed by atoms with Crippen LogP contribution in [0, 0.1) is 0 Å². The molecule has 2 N–H and O–H groups in total. The van der Waals surface area contributed by atoms with Crippen LogP contribution in [0.3, 0.4) is 0 Å². The average molecular weight is 435 g/mol. The van der Waals surface area contributed by atoms with Crippen LogP contribution in [-0.2, 0) is 10.4 Å². The number of hydrogen-bond acceptors (Lipinski definition) is 6. The molecule has 2 aromatic carbocycles. The van der Waals surface area contributed by atoms with Crippen LogP contribution in [0.25, 0.3) is 10.4 Å². The molecule has 0 amide bonds. The van der Waals surface area contributed by atoms with Gasteiger partial charge in [-0.25, -0.2) is 4.79 Å². The molecule has 152 valence electrons. The van der Waals surface area contributed by atoms with E-state index in [4.69, 9.17) is 25.8 Å². The number of carboxylic acids is 1. The highest BCUT2D eigenvalue weighted by Gasteiger charge is 2.43. The zero-order valence-electron chi connectivity index (χ0n) is 15.9. The first-order valence-electron chi connectivity index (χ1n) is 8.47. The van der Waals surface area contributed by atoms with E-state index in [9.17, 15) is 15.0 Å². The number of ether oxygens (including phenoxy) is 3. The molecule has 3 aromatic rings. The van der Waals surface area contributed by atoms with Crippen molar-refractivity contribution in [3.8, 4) is 27.7 Å². The van der Waals surface area contributed by atoms with Gasteiger partial charge in [-0.2, -0.15) is 0 Å². The molecule has 0 saturated carbocycles. The number of carboxylic acid groups (broad SMARTS) is 1. The van der Waals surface area contributed by atoms with Gasteiger partial charge in [0.05, 0.1) is 26.2 Å². The number of aliphatic hydroxyl groups is 1. The number of carbonyl (C=O) groups is 1. The smallest absolute Gasteiger partial charge is 0.346 e. The maximum Gasteiger partial charge on any atom is 0.346 e. The largest absolute Gasteiger partial charge is 0.493 e. The van der Waals surface area contributed by atoms with Gasteiger partial charge >= 0.3 is 5.97 Å². The Labute approximate surface area is 176 Å². The summed E-state index contributed by atoms with van der Waals surface area (Å²) in [6, 6.07) is 13.4. The van der Waals surface area contributed by atoms with E-state index in [-0.39, 0.29) is 21.9 Å². The van der Waals surface area contributed by atoms with Gasteiger partial charge in [-0.1, -0.05) is 23.7 Å². The molecule has 0 fully saturated rings. The summed E-state index contributed by atoms with van der Waals surface area (Å²) in [6.45, 7) is 0. The highest BCUT2D eigenvalue weighted by molar-refractivity contribution is 7.15. The number of halogens is 1. The molecule has 0 aliphatic rings. The van der Waals surface area contributed by atoms with Crippen LogP contribution in [0.4, 0.5) is 0 Å². The second-order valence-corrected chi connectivity index (χ2v) is 7.62. The van der Waals surface area contributed by atoms with Crippen molar-refractivity contribution in [1.82, 2.24) is 0 Å². The van der Waals surface area contributed by atoms with Crippen molar-refractivity contribution in [2.24, 2.45) is 0 Å². The van der Waals surface area contributed by atoms with Gasteiger partial charge < -0.3 is 24.4 Å². The van der Waals surface area contributed by atoms with Gasteiger partial charge in [0.1, 0.15) is 0 Å². The van der Waals surface area contributed by atoms with Gasteiger partial charge in [0, 0.05) is 15.5 Å². The molecule has 0 bridgehead atoms. The predicted molar refractivity (Wildman–Crippen MR) is 111 cm³/mol. The highest BCUT2D eigenvalue weighted by atomic mass is 35.5. The van der Waals surface area contributed by atoms with E-state index in [2.05, 4.69) is 0 Å². The maximum absolute atomic E-state index is 12.2. The van der Waals surface area contributed by atoms with Crippen LogP contribution in [-0.4, -0.2) is 37.5 Å². The summed E-state index contributed by atoms with van der Waals surface area (Å²) in [5.41, 5.74) is -1.40. The third-order valence-corrected chi connectivity index (χ3v) is 5.94. The molecule has 1 atom stereocenters. The summed E-state index contributed by atoms with van der Waals surface area (Å²) in [7, 11) is 4.28. The molecule has 6 nitrogen and oxygen atoms in total. The number of rotatable bonds is 7. The zero-order chi connectivity index (χ0) is 21.2. The Morgan fingerprint density at radius 2 is 1.66 bits per heavy atom. The summed E-state index contributed by atoms with van der Waals surface area (Å²) in [4.78, 5) is 13.2. The fourth-order valence-electron chi connectivity index (χ4n) is 2.99. The lowest BCUT2D eigenvalue weighted by molar-refractivity contribution is -0.154. The first-order valence-corrected chi connectivity index (χ1v) is 9.67.